The normalized spacial score (nSPS) is 12.1. The van der Waals surface area contributed by atoms with Gasteiger partial charge in [0, 0.05) is 11.6 Å². The highest BCUT2D eigenvalue weighted by atomic mass is 16.5. The molecular weight excluding hydrogens is 528 g/mol. The second kappa shape index (κ2) is 23.1. The molecule has 1 unspecified atom stereocenters. The van der Waals surface area contributed by atoms with Crippen LogP contribution in [0, 0.1) is 0 Å². The zero-order valence-corrected chi connectivity index (χ0v) is 26.4. The first-order chi connectivity index (χ1) is 20.4. The number of esters is 1. The molecule has 232 valence electrons. The van der Waals surface area contributed by atoms with Crippen LogP contribution in [0.1, 0.15) is 109 Å². The predicted octanol–water partition coefficient (Wildman–Crippen LogP) is 9.49. The molecule has 0 aliphatic heterocycles. The maximum Gasteiger partial charge on any atom is 0.371 e. The fourth-order valence-corrected chi connectivity index (χ4v) is 4.50. The molecule has 0 saturated heterocycles. The van der Waals surface area contributed by atoms with Crippen molar-refractivity contribution in [2.24, 2.45) is 0 Å². The van der Waals surface area contributed by atoms with E-state index in [0.717, 1.165) is 61.0 Å². The van der Waals surface area contributed by atoms with Gasteiger partial charge in [-0.3, -0.25) is 0 Å². The lowest BCUT2D eigenvalue weighted by Crippen LogP contribution is -2.15. The van der Waals surface area contributed by atoms with Crippen molar-refractivity contribution in [3.8, 4) is 5.75 Å². The largest absolute Gasteiger partial charge is 0.497 e. The van der Waals surface area contributed by atoms with Gasteiger partial charge in [0.2, 0.25) is 5.76 Å². The van der Waals surface area contributed by atoms with Crippen LogP contribution in [-0.2, 0) is 19.1 Å². The van der Waals surface area contributed by atoms with Crippen molar-refractivity contribution in [3.05, 3.63) is 77.6 Å². The number of carboxylic acid groups (broad SMARTS) is 1. The fourth-order valence-electron chi connectivity index (χ4n) is 4.50. The summed E-state index contributed by atoms with van der Waals surface area (Å²) in [7, 11) is 3.05. The number of rotatable bonds is 19. The Balaban J connectivity index is 0.000000420. The van der Waals surface area contributed by atoms with Crippen molar-refractivity contribution < 1.29 is 28.9 Å². The van der Waals surface area contributed by atoms with E-state index in [4.69, 9.17) is 14.2 Å². The maximum absolute atomic E-state index is 11.8. The number of carboxylic acids is 1. The van der Waals surface area contributed by atoms with Crippen LogP contribution in [-0.4, -0.2) is 37.4 Å². The number of allylic oxidation sites excluding steroid dienone is 1. The van der Waals surface area contributed by atoms with Gasteiger partial charge in [0.1, 0.15) is 11.9 Å². The van der Waals surface area contributed by atoms with Crippen molar-refractivity contribution in [3.63, 3.8) is 0 Å². The summed E-state index contributed by atoms with van der Waals surface area (Å²) in [6.45, 7) is 6.43. The van der Waals surface area contributed by atoms with E-state index in [1.54, 1.807) is 13.2 Å². The van der Waals surface area contributed by atoms with Crippen molar-refractivity contribution >= 4 is 23.6 Å². The summed E-state index contributed by atoms with van der Waals surface area (Å²) in [5, 5.41) is 9.29. The number of carbonyl (C=O) groups excluding carboxylic acids is 1. The van der Waals surface area contributed by atoms with Gasteiger partial charge in [-0.25, -0.2) is 9.59 Å². The van der Waals surface area contributed by atoms with Gasteiger partial charge < -0.3 is 19.3 Å². The van der Waals surface area contributed by atoms with Crippen molar-refractivity contribution in [1.82, 2.24) is 0 Å². The molecule has 0 bridgehead atoms. The minimum Gasteiger partial charge on any atom is -0.497 e. The molecule has 0 aliphatic rings. The van der Waals surface area contributed by atoms with E-state index < -0.39 is 5.97 Å². The predicted molar refractivity (Wildman–Crippen MR) is 172 cm³/mol. The number of benzene rings is 2. The number of carbonyl (C=O) groups is 2. The Labute approximate surface area is 253 Å². The summed E-state index contributed by atoms with van der Waals surface area (Å²) in [4.78, 5) is 23.1. The number of methoxy groups -OCH3 is 2. The number of ether oxygens (including phenoxy) is 3. The van der Waals surface area contributed by atoms with Crippen molar-refractivity contribution in [1.29, 1.82) is 0 Å². The van der Waals surface area contributed by atoms with Crippen LogP contribution < -0.4 is 4.74 Å². The number of aliphatic carboxylic acids is 1. The molecule has 2 aromatic carbocycles. The highest BCUT2D eigenvalue weighted by Gasteiger charge is 2.16. The molecular formula is C36H52O6. The Hall–Kier alpha value is -3.54. The third kappa shape index (κ3) is 15.5. The van der Waals surface area contributed by atoms with E-state index in [2.05, 4.69) is 20.8 Å². The van der Waals surface area contributed by atoms with Gasteiger partial charge >= 0.3 is 11.9 Å². The second-order valence-electron chi connectivity index (χ2n) is 10.3. The van der Waals surface area contributed by atoms with Crippen LogP contribution in [0.5, 0.6) is 5.75 Å². The Bertz CT molecular complexity index is 1060. The molecule has 1 atom stereocenters. The molecule has 0 aliphatic carbocycles. The average molecular weight is 581 g/mol. The number of unbranched alkanes of at least 4 members (excludes halogenated alkanes) is 7. The van der Waals surface area contributed by atoms with Gasteiger partial charge in [-0.15, -0.1) is 0 Å². The van der Waals surface area contributed by atoms with Gasteiger partial charge in [0.05, 0.1) is 14.2 Å². The molecule has 1 N–H and O–H groups in total. The van der Waals surface area contributed by atoms with Crippen LogP contribution in [0.2, 0.25) is 0 Å². The van der Waals surface area contributed by atoms with Crippen LogP contribution in [0.25, 0.3) is 11.6 Å². The van der Waals surface area contributed by atoms with Gasteiger partial charge in [0.15, 0.2) is 0 Å². The molecule has 0 amide bonds. The third-order valence-corrected chi connectivity index (χ3v) is 6.97. The van der Waals surface area contributed by atoms with Gasteiger partial charge in [0.25, 0.3) is 0 Å². The molecule has 0 radical (unpaired) electrons. The molecule has 42 heavy (non-hydrogen) atoms. The molecule has 2 rings (SSSR count). The van der Waals surface area contributed by atoms with Gasteiger partial charge in [-0.05, 0) is 61.4 Å². The summed E-state index contributed by atoms with van der Waals surface area (Å²) < 4.78 is 15.7. The summed E-state index contributed by atoms with van der Waals surface area (Å²) in [5.74, 6) is -0.400. The lowest BCUT2D eigenvalue weighted by atomic mass is 9.97. The van der Waals surface area contributed by atoms with E-state index in [-0.39, 0.29) is 17.8 Å². The summed E-state index contributed by atoms with van der Waals surface area (Å²) in [5.41, 5.74) is 2.68. The molecule has 0 fully saturated rings. The zero-order chi connectivity index (χ0) is 31.0. The van der Waals surface area contributed by atoms with Crippen molar-refractivity contribution in [2.75, 3.05) is 14.2 Å². The zero-order valence-electron chi connectivity index (χ0n) is 26.4. The van der Waals surface area contributed by atoms with E-state index in [9.17, 15) is 14.7 Å². The second-order valence-corrected chi connectivity index (χ2v) is 10.3. The van der Waals surface area contributed by atoms with E-state index in [1.807, 2.05) is 54.6 Å². The molecule has 0 heterocycles. The maximum atomic E-state index is 11.8. The van der Waals surface area contributed by atoms with Crippen LogP contribution in [0.15, 0.2) is 66.4 Å². The highest BCUT2D eigenvalue weighted by molar-refractivity contribution is 5.94. The summed E-state index contributed by atoms with van der Waals surface area (Å²) >= 11 is 0. The first-order valence-corrected chi connectivity index (χ1v) is 15.5. The summed E-state index contributed by atoms with van der Waals surface area (Å²) in [6, 6.07) is 17.2. The Morgan fingerprint density at radius 1 is 0.810 bits per heavy atom. The molecule has 6 heteroatoms. The lowest BCUT2D eigenvalue weighted by Gasteiger charge is -2.14. The fraction of sp³-hybridized carbons (Fsp3) is 0.500. The average Bonchev–Trinajstić information content (AvgIpc) is 3.01. The van der Waals surface area contributed by atoms with Crippen molar-refractivity contribution in [2.45, 2.75) is 104 Å². The van der Waals surface area contributed by atoms with E-state index in [0.29, 0.717) is 0 Å². The molecule has 6 nitrogen and oxygen atoms in total. The quantitative estimate of drug-likeness (QED) is 0.0771. The monoisotopic (exact) mass is 580 g/mol. The molecule has 0 saturated carbocycles. The Morgan fingerprint density at radius 3 is 2.00 bits per heavy atom. The molecule has 0 spiro atoms. The first kappa shape index (κ1) is 36.5. The topological polar surface area (TPSA) is 82.1 Å². The third-order valence-electron chi connectivity index (χ3n) is 6.97. The SMILES string of the molecule is CCCCCC(CC)OC(=O)C=Cc1ccc(OC)cc1.CCCCCCCCC(=C(OC)C(=O)O)c1ccccc1. The van der Waals surface area contributed by atoms with Crippen LogP contribution in [0.3, 0.4) is 0 Å². The standard InChI is InChI=1S/2C18H26O3/c1-4-6-7-8-16(5-2)21-18(19)14-11-15-9-12-17(20-3)13-10-15;1-3-4-5-6-7-11-14-16(17(21-2)18(19)20)15-12-9-8-10-13-15/h9-14,16H,4-8H2,1-3H3;8-10,12-13H,3-7,11,14H2,1-2H3,(H,19,20). The Morgan fingerprint density at radius 2 is 1.43 bits per heavy atom. The molecule has 0 aromatic heterocycles. The smallest absolute Gasteiger partial charge is 0.371 e. The lowest BCUT2D eigenvalue weighted by molar-refractivity contribution is -0.143. The van der Waals surface area contributed by atoms with Gasteiger partial charge in [-0.1, -0.05) is 108 Å². The van der Waals surface area contributed by atoms with Gasteiger partial charge in [-0.2, -0.15) is 0 Å². The van der Waals surface area contributed by atoms with E-state index in [1.165, 1.54) is 51.7 Å². The number of hydrogen-bond donors (Lipinski definition) is 1. The molecule has 2 aromatic rings. The minimum absolute atomic E-state index is 0.0320. The Kier molecular flexibility index (Phi) is 20.0. The summed E-state index contributed by atoms with van der Waals surface area (Å²) in [6.07, 6.45) is 16.5. The minimum atomic E-state index is -0.998. The number of hydrogen-bond acceptors (Lipinski definition) is 5. The highest BCUT2D eigenvalue weighted by Crippen LogP contribution is 2.26. The first-order valence-electron chi connectivity index (χ1n) is 15.5. The van der Waals surface area contributed by atoms with E-state index >= 15 is 0 Å². The van der Waals surface area contributed by atoms with Crippen LogP contribution in [0.4, 0.5) is 0 Å². The van der Waals surface area contributed by atoms with Crippen LogP contribution >= 0.6 is 0 Å².